The third kappa shape index (κ3) is 5.71. The molecule has 1 aliphatic carbocycles. The number of hydrogen-bond acceptors (Lipinski definition) is 7. The van der Waals surface area contributed by atoms with Gasteiger partial charge in [-0.1, -0.05) is 12.1 Å². The monoisotopic (exact) mass is 532 g/mol. The number of rotatable bonds is 7. The van der Waals surface area contributed by atoms with Gasteiger partial charge in [-0.3, -0.25) is 9.36 Å². The smallest absolute Gasteiger partial charge is 0.405 e. The van der Waals surface area contributed by atoms with E-state index in [9.17, 15) is 26.7 Å². The van der Waals surface area contributed by atoms with Gasteiger partial charge in [-0.2, -0.15) is 22.0 Å². The number of nitrogens with zero attached hydrogens (tertiary/aromatic N) is 3. The number of pyridine rings is 1. The molecule has 0 fully saturated rings. The Labute approximate surface area is 212 Å². The van der Waals surface area contributed by atoms with Gasteiger partial charge in [0, 0.05) is 41.8 Å². The Bertz CT molecular complexity index is 1540. The Kier molecular flexibility index (Phi) is 7.28. The summed E-state index contributed by atoms with van der Waals surface area (Å²) in [5.74, 6) is -0.480. The van der Waals surface area contributed by atoms with E-state index in [2.05, 4.69) is 25.3 Å². The van der Waals surface area contributed by atoms with Crippen molar-refractivity contribution in [2.75, 3.05) is 18.9 Å². The molecule has 0 bridgehead atoms. The predicted molar refractivity (Wildman–Crippen MR) is 133 cm³/mol. The number of fused-ring (bicyclic) bond motifs is 1. The number of benzene rings is 1. The first-order valence-corrected chi connectivity index (χ1v) is 11.1. The van der Waals surface area contributed by atoms with E-state index in [0.717, 1.165) is 0 Å². The lowest BCUT2D eigenvalue weighted by Gasteiger charge is -2.18. The molecule has 8 nitrogen and oxygen atoms in total. The topological polar surface area (TPSA) is 105 Å². The Balaban J connectivity index is 1.92. The van der Waals surface area contributed by atoms with Crippen LogP contribution in [0.5, 0.6) is 5.75 Å². The maximum absolute atomic E-state index is 13.8. The Morgan fingerprint density at radius 3 is 2.53 bits per heavy atom. The van der Waals surface area contributed by atoms with Crippen molar-refractivity contribution in [1.82, 2.24) is 19.9 Å². The fraction of sp³-hybridized carbons (Fsp3) is 0.200. The van der Waals surface area contributed by atoms with E-state index in [1.165, 1.54) is 47.3 Å². The van der Waals surface area contributed by atoms with E-state index in [-0.39, 0.29) is 34.1 Å². The van der Waals surface area contributed by atoms with Crippen molar-refractivity contribution < 1.29 is 26.7 Å². The van der Waals surface area contributed by atoms with Gasteiger partial charge in [0.15, 0.2) is 0 Å². The number of hydrogen-bond donors (Lipinski definition) is 3. The summed E-state index contributed by atoms with van der Waals surface area (Å²) in [5, 5.41) is 13.6. The van der Waals surface area contributed by atoms with Crippen LogP contribution >= 0.6 is 0 Å². The first-order valence-electron chi connectivity index (χ1n) is 11.1. The van der Waals surface area contributed by atoms with Crippen LogP contribution in [0.25, 0.3) is 27.7 Å². The largest absolute Gasteiger partial charge is 0.435 e. The molecule has 0 spiro atoms. The molecule has 1 aliphatic rings. The molecule has 0 amide bonds. The lowest BCUT2D eigenvalue weighted by molar-refractivity contribution is -0.115. The van der Waals surface area contributed by atoms with Gasteiger partial charge in [-0.15, -0.1) is 0 Å². The Morgan fingerprint density at radius 1 is 1.18 bits per heavy atom. The second-order valence-corrected chi connectivity index (χ2v) is 8.15. The minimum Gasteiger partial charge on any atom is -0.435 e. The van der Waals surface area contributed by atoms with E-state index < -0.39 is 24.9 Å². The minimum absolute atomic E-state index is 0.00868. The van der Waals surface area contributed by atoms with Crippen molar-refractivity contribution in [3.63, 3.8) is 0 Å². The number of alkyl halides is 5. The molecule has 0 unspecified atom stereocenters. The second-order valence-electron chi connectivity index (χ2n) is 8.15. The van der Waals surface area contributed by atoms with Crippen LogP contribution in [0.2, 0.25) is 0 Å². The number of ether oxygens (including phenoxy) is 1. The summed E-state index contributed by atoms with van der Waals surface area (Å²) >= 11 is 0. The number of nitrogens with one attached hydrogen (secondary N) is 3. The van der Waals surface area contributed by atoms with Crippen molar-refractivity contribution in [3.05, 3.63) is 76.5 Å². The third-order valence-corrected chi connectivity index (χ3v) is 5.63. The molecule has 4 rings (SSSR count). The summed E-state index contributed by atoms with van der Waals surface area (Å²) in [6, 6.07) is 5.24. The van der Waals surface area contributed by atoms with Crippen molar-refractivity contribution in [1.29, 1.82) is 5.41 Å². The van der Waals surface area contributed by atoms with E-state index >= 15 is 0 Å². The SMILES string of the molecule is CN/C(C)=C1/C=C(n2cc3cnc(NCC(F)(F)F)nc3c(-c3ccc(OC(F)F)cc3)c2=O)C=CC1=N. The summed E-state index contributed by atoms with van der Waals surface area (Å²) in [6.45, 7) is -2.65. The third-order valence-electron chi connectivity index (χ3n) is 5.63. The maximum Gasteiger partial charge on any atom is 0.405 e. The number of aromatic nitrogens is 3. The normalized spacial score (nSPS) is 15.1. The zero-order chi connectivity index (χ0) is 27.6. The highest BCUT2D eigenvalue weighted by Gasteiger charge is 2.27. The van der Waals surface area contributed by atoms with Gasteiger partial charge in [0.2, 0.25) is 5.95 Å². The zero-order valence-electron chi connectivity index (χ0n) is 20.0. The molecular weight excluding hydrogens is 511 g/mol. The standard InChI is InChI=1S/C25H21F5N6O2/c1-13(32-2)18-9-16(5-8-19(18)31)36-11-15-10-33-24(34-12-25(28,29)30)35-21(15)20(22(36)37)14-3-6-17(7-4-14)38-23(26)27/h3-11,23,31-32H,12H2,1-2H3,(H,34,35)/b18-13-,31-19?. The fourth-order valence-corrected chi connectivity index (χ4v) is 3.75. The summed E-state index contributed by atoms with van der Waals surface area (Å²) < 4.78 is 69.0. The Morgan fingerprint density at radius 2 is 1.89 bits per heavy atom. The molecule has 1 aromatic carbocycles. The molecule has 2 aromatic heterocycles. The van der Waals surface area contributed by atoms with Gasteiger partial charge < -0.3 is 20.8 Å². The summed E-state index contributed by atoms with van der Waals surface area (Å²) in [4.78, 5) is 21.9. The van der Waals surface area contributed by atoms with Crippen LogP contribution < -0.4 is 20.9 Å². The van der Waals surface area contributed by atoms with Crippen LogP contribution in [-0.2, 0) is 0 Å². The van der Waals surface area contributed by atoms with Gasteiger partial charge >= 0.3 is 12.8 Å². The van der Waals surface area contributed by atoms with Gasteiger partial charge in [0.25, 0.3) is 5.56 Å². The lowest BCUT2D eigenvalue weighted by atomic mass is 10.0. The van der Waals surface area contributed by atoms with E-state index in [4.69, 9.17) is 5.41 Å². The minimum atomic E-state index is -4.52. The van der Waals surface area contributed by atoms with Crippen LogP contribution in [0, 0.1) is 5.41 Å². The van der Waals surface area contributed by atoms with Crippen molar-refractivity contribution in [2.45, 2.75) is 19.7 Å². The van der Waals surface area contributed by atoms with Gasteiger partial charge in [-0.25, -0.2) is 9.97 Å². The van der Waals surface area contributed by atoms with Crippen molar-refractivity contribution in [3.8, 4) is 16.9 Å². The summed E-state index contributed by atoms with van der Waals surface area (Å²) in [5.41, 5.74) is 1.65. The zero-order valence-corrected chi connectivity index (χ0v) is 20.0. The molecule has 38 heavy (non-hydrogen) atoms. The molecule has 0 radical (unpaired) electrons. The predicted octanol–water partition coefficient (Wildman–Crippen LogP) is 4.96. The quantitative estimate of drug-likeness (QED) is 0.372. The first kappa shape index (κ1) is 26.5. The molecule has 0 atom stereocenters. The molecule has 0 saturated heterocycles. The molecule has 3 N–H and O–H groups in total. The van der Waals surface area contributed by atoms with Crippen molar-refractivity contribution in [2.24, 2.45) is 0 Å². The summed E-state index contributed by atoms with van der Waals surface area (Å²) in [7, 11) is 1.70. The number of allylic oxidation sites excluding steroid dienone is 6. The first-order chi connectivity index (χ1) is 18.0. The highest BCUT2D eigenvalue weighted by molar-refractivity contribution is 6.12. The van der Waals surface area contributed by atoms with E-state index in [1.54, 1.807) is 26.1 Å². The fourth-order valence-electron chi connectivity index (χ4n) is 3.75. The molecule has 3 aromatic rings. The van der Waals surface area contributed by atoms with Crippen LogP contribution in [0.1, 0.15) is 6.92 Å². The van der Waals surface area contributed by atoms with Gasteiger partial charge in [0.1, 0.15) is 12.3 Å². The van der Waals surface area contributed by atoms with Crippen LogP contribution in [0.4, 0.5) is 27.9 Å². The highest BCUT2D eigenvalue weighted by Crippen LogP contribution is 2.29. The second kappa shape index (κ2) is 10.4. The van der Waals surface area contributed by atoms with E-state index in [0.29, 0.717) is 22.4 Å². The molecular formula is C25H21F5N6O2. The van der Waals surface area contributed by atoms with Gasteiger partial charge in [0.05, 0.1) is 16.8 Å². The van der Waals surface area contributed by atoms with Crippen LogP contribution in [-0.4, -0.2) is 46.6 Å². The van der Waals surface area contributed by atoms with Crippen LogP contribution in [0.15, 0.2) is 71.0 Å². The van der Waals surface area contributed by atoms with E-state index in [1.807, 2.05) is 0 Å². The molecule has 198 valence electrons. The molecule has 2 heterocycles. The Hall–Kier alpha value is -4.55. The average molecular weight is 532 g/mol. The molecule has 0 aliphatic heterocycles. The molecule has 0 saturated carbocycles. The lowest BCUT2D eigenvalue weighted by Crippen LogP contribution is -2.24. The van der Waals surface area contributed by atoms with Crippen LogP contribution in [0.3, 0.4) is 0 Å². The van der Waals surface area contributed by atoms with Crippen molar-refractivity contribution >= 4 is 28.3 Å². The highest BCUT2D eigenvalue weighted by atomic mass is 19.4. The number of halogens is 5. The van der Waals surface area contributed by atoms with Gasteiger partial charge in [-0.05, 0) is 42.8 Å². The average Bonchev–Trinajstić information content (AvgIpc) is 2.87. The maximum atomic E-state index is 13.8. The summed E-state index contributed by atoms with van der Waals surface area (Å²) in [6.07, 6.45) is 2.95. The molecule has 13 heteroatoms. The number of anilines is 1.